The molecule has 3 aromatic rings. The summed E-state index contributed by atoms with van der Waals surface area (Å²) in [6, 6.07) is 13.2. The van der Waals surface area contributed by atoms with Crippen LogP contribution in [0.5, 0.6) is 0 Å². The van der Waals surface area contributed by atoms with Crippen LogP contribution >= 0.6 is 0 Å². The number of carbonyl (C=O) groups is 1. The van der Waals surface area contributed by atoms with E-state index in [1.807, 2.05) is 0 Å². The van der Waals surface area contributed by atoms with Crippen molar-refractivity contribution in [2.75, 3.05) is 0 Å². The number of aryl methyl sites for hydroxylation is 1. The van der Waals surface area contributed by atoms with Crippen LogP contribution in [-0.4, -0.2) is 22.2 Å². The van der Waals surface area contributed by atoms with Crippen LogP contribution in [0.1, 0.15) is 51.4 Å². The quantitative estimate of drug-likeness (QED) is 0.357. The molecule has 2 aromatic carbocycles. The maximum Gasteiger partial charge on any atom is 0.417 e. The van der Waals surface area contributed by atoms with Crippen LogP contribution in [0.15, 0.2) is 60.8 Å². The SMILES string of the molecule is Cc1cc(-c2ccc(C(F)(F)F)cn2)ccc1C(CCC(F)(F)F)Cc1ccc(C(=O)O)cc1. The van der Waals surface area contributed by atoms with Gasteiger partial charge in [0.2, 0.25) is 0 Å². The van der Waals surface area contributed by atoms with Gasteiger partial charge in [-0.05, 0) is 72.7 Å². The van der Waals surface area contributed by atoms with Crippen molar-refractivity contribution >= 4 is 5.97 Å². The van der Waals surface area contributed by atoms with E-state index >= 15 is 0 Å². The van der Waals surface area contributed by atoms with Gasteiger partial charge in [0.15, 0.2) is 0 Å². The largest absolute Gasteiger partial charge is 0.478 e. The number of rotatable bonds is 7. The van der Waals surface area contributed by atoms with Gasteiger partial charge in [-0.25, -0.2) is 4.79 Å². The van der Waals surface area contributed by atoms with E-state index in [2.05, 4.69) is 4.98 Å². The molecule has 34 heavy (non-hydrogen) atoms. The molecule has 1 atom stereocenters. The fraction of sp³-hybridized carbons (Fsp3) is 0.280. The molecule has 1 unspecified atom stereocenters. The minimum absolute atomic E-state index is 0.0835. The van der Waals surface area contributed by atoms with Gasteiger partial charge in [-0.3, -0.25) is 4.98 Å². The zero-order valence-electron chi connectivity index (χ0n) is 18.0. The summed E-state index contributed by atoms with van der Waals surface area (Å²) in [5.41, 5.74) is 2.15. The lowest BCUT2D eigenvalue weighted by Gasteiger charge is -2.21. The topological polar surface area (TPSA) is 50.2 Å². The number of benzene rings is 2. The lowest BCUT2D eigenvalue weighted by Crippen LogP contribution is -2.13. The Labute approximate surface area is 192 Å². The summed E-state index contributed by atoms with van der Waals surface area (Å²) < 4.78 is 77.2. The predicted octanol–water partition coefficient (Wildman–Crippen LogP) is 7.44. The van der Waals surface area contributed by atoms with Crippen molar-refractivity contribution in [3.63, 3.8) is 0 Å². The monoisotopic (exact) mass is 481 g/mol. The second-order valence-electron chi connectivity index (χ2n) is 8.06. The predicted molar refractivity (Wildman–Crippen MR) is 115 cm³/mol. The molecule has 0 aliphatic carbocycles. The standard InChI is InChI=1S/C25H21F6NO2/c1-15-12-19(22-9-7-20(14-32-22)25(29,30)31)6-8-21(15)18(10-11-24(26,27)28)13-16-2-4-17(5-3-16)23(33)34/h2-9,12,14,18H,10-11,13H2,1H3,(H,33,34). The number of alkyl halides is 6. The van der Waals surface area contributed by atoms with Crippen molar-refractivity contribution in [3.05, 3.63) is 88.6 Å². The smallest absolute Gasteiger partial charge is 0.417 e. The molecule has 1 N–H and O–H groups in total. The summed E-state index contributed by atoms with van der Waals surface area (Å²) in [6.45, 7) is 1.73. The normalized spacial score (nSPS) is 13.0. The first-order valence-corrected chi connectivity index (χ1v) is 10.4. The van der Waals surface area contributed by atoms with E-state index < -0.39 is 36.2 Å². The summed E-state index contributed by atoms with van der Waals surface area (Å²) in [5.74, 6) is -1.59. The third-order valence-electron chi connectivity index (χ3n) is 5.56. The van der Waals surface area contributed by atoms with Crippen molar-refractivity contribution < 1.29 is 36.2 Å². The number of hydrogen-bond donors (Lipinski definition) is 1. The van der Waals surface area contributed by atoms with Gasteiger partial charge in [0, 0.05) is 18.2 Å². The fourth-order valence-electron chi connectivity index (χ4n) is 3.80. The molecule has 0 saturated heterocycles. The fourth-order valence-corrected chi connectivity index (χ4v) is 3.80. The highest BCUT2D eigenvalue weighted by atomic mass is 19.4. The van der Waals surface area contributed by atoms with Gasteiger partial charge in [0.05, 0.1) is 16.8 Å². The van der Waals surface area contributed by atoms with Gasteiger partial charge in [0.25, 0.3) is 0 Å². The molecule has 0 saturated carbocycles. The number of aromatic carboxylic acids is 1. The van der Waals surface area contributed by atoms with Gasteiger partial charge >= 0.3 is 18.3 Å². The zero-order chi connectivity index (χ0) is 25.1. The maximum absolute atomic E-state index is 13.0. The van der Waals surface area contributed by atoms with Crippen LogP contribution < -0.4 is 0 Å². The van der Waals surface area contributed by atoms with Crippen molar-refractivity contribution in [1.82, 2.24) is 4.98 Å². The highest BCUT2D eigenvalue weighted by Crippen LogP contribution is 2.35. The van der Waals surface area contributed by atoms with Gasteiger partial charge in [0.1, 0.15) is 0 Å². The Morgan fingerprint density at radius 3 is 2.15 bits per heavy atom. The average molecular weight is 481 g/mol. The first-order valence-electron chi connectivity index (χ1n) is 10.4. The molecule has 1 heterocycles. The van der Waals surface area contributed by atoms with Gasteiger partial charge in [-0.2, -0.15) is 26.3 Å². The number of halogens is 6. The van der Waals surface area contributed by atoms with Crippen molar-refractivity contribution in [3.8, 4) is 11.3 Å². The number of carboxylic acids is 1. The van der Waals surface area contributed by atoms with E-state index in [-0.39, 0.29) is 18.4 Å². The van der Waals surface area contributed by atoms with E-state index in [0.717, 1.165) is 12.3 Å². The summed E-state index contributed by atoms with van der Waals surface area (Å²) in [5, 5.41) is 9.03. The highest BCUT2D eigenvalue weighted by molar-refractivity contribution is 5.87. The van der Waals surface area contributed by atoms with Crippen LogP contribution in [0.2, 0.25) is 0 Å². The average Bonchev–Trinajstić information content (AvgIpc) is 2.76. The third-order valence-corrected chi connectivity index (χ3v) is 5.56. The van der Waals surface area contributed by atoms with Crippen LogP contribution in [0.3, 0.4) is 0 Å². The molecule has 0 aliphatic rings. The lowest BCUT2D eigenvalue weighted by atomic mass is 9.85. The number of aromatic nitrogens is 1. The Morgan fingerprint density at radius 1 is 0.971 bits per heavy atom. The Kier molecular flexibility index (Phi) is 7.33. The van der Waals surface area contributed by atoms with Gasteiger partial charge in [-0.15, -0.1) is 0 Å². The highest BCUT2D eigenvalue weighted by Gasteiger charge is 2.31. The molecule has 3 nitrogen and oxygen atoms in total. The molecule has 0 fully saturated rings. The van der Waals surface area contributed by atoms with Crippen LogP contribution in [0.4, 0.5) is 26.3 Å². The lowest BCUT2D eigenvalue weighted by molar-refractivity contribution is -0.138. The van der Waals surface area contributed by atoms with Crippen molar-refractivity contribution in [2.24, 2.45) is 0 Å². The summed E-state index contributed by atoms with van der Waals surface area (Å²) in [6.07, 6.45) is -8.96. The van der Waals surface area contributed by atoms with Crippen LogP contribution in [0.25, 0.3) is 11.3 Å². The van der Waals surface area contributed by atoms with E-state index in [9.17, 15) is 31.1 Å². The third kappa shape index (κ3) is 6.59. The molecule has 0 spiro atoms. The Hall–Kier alpha value is -3.36. The Morgan fingerprint density at radius 2 is 1.65 bits per heavy atom. The molecular weight excluding hydrogens is 460 g/mol. The summed E-state index contributed by atoms with van der Waals surface area (Å²) >= 11 is 0. The summed E-state index contributed by atoms with van der Waals surface area (Å²) in [4.78, 5) is 14.9. The molecule has 180 valence electrons. The molecule has 0 amide bonds. The second-order valence-corrected chi connectivity index (χ2v) is 8.06. The maximum atomic E-state index is 13.0. The number of pyridine rings is 1. The Balaban J connectivity index is 1.88. The number of hydrogen-bond acceptors (Lipinski definition) is 2. The van der Waals surface area contributed by atoms with E-state index in [0.29, 0.717) is 27.9 Å². The van der Waals surface area contributed by atoms with Crippen molar-refractivity contribution in [1.29, 1.82) is 0 Å². The van der Waals surface area contributed by atoms with E-state index in [4.69, 9.17) is 5.11 Å². The first-order chi connectivity index (χ1) is 15.8. The number of carboxylic acid groups (broad SMARTS) is 1. The summed E-state index contributed by atoms with van der Waals surface area (Å²) in [7, 11) is 0. The van der Waals surface area contributed by atoms with Crippen LogP contribution in [-0.2, 0) is 12.6 Å². The van der Waals surface area contributed by atoms with E-state index in [1.165, 1.54) is 18.2 Å². The Bertz CT molecular complexity index is 1140. The minimum Gasteiger partial charge on any atom is -0.478 e. The zero-order valence-corrected chi connectivity index (χ0v) is 18.0. The van der Waals surface area contributed by atoms with Crippen molar-refractivity contribution in [2.45, 2.75) is 44.5 Å². The number of nitrogens with zero attached hydrogens (tertiary/aromatic N) is 1. The van der Waals surface area contributed by atoms with Gasteiger partial charge < -0.3 is 5.11 Å². The molecule has 9 heteroatoms. The molecular formula is C25H21F6NO2. The minimum atomic E-state index is -4.50. The molecule has 0 bridgehead atoms. The second kappa shape index (κ2) is 9.87. The molecule has 0 radical (unpaired) electrons. The van der Waals surface area contributed by atoms with E-state index in [1.54, 1.807) is 37.3 Å². The first kappa shape index (κ1) is 25.3. The molecule has 0 aliphatic heterocycles. The molecule has 1 aromatic heterocycles. The van der Waals surface area contributed by atoms with Crippen LogP contribution in [0, 0.1) is 6.92 Å². The van der Waals surface area contributed by atoms with Gasteiger partial charge in [-0.1, -0.05) is 24.3 Å². The molecule has 3 rings (SSSR count).